The lowest BCUT2D eigenvalue weighted by atomic mass is 10.2. The minimum absolute atomic E-state index is 0.0609. The molecule has 1 unspecified atom stereocenters. The number of aromatic carboxylic acids is 1. The van der Waals surface area contributed by atoms with Crippen molar-refractivity contribution in [3.8, 4) is 10.4 Å². The number of anilines is 1. The van der Waals surface area contributed by atoms with E-state index in [0.29, 0.717) is 10.3 Å². The number of nitrogens with one attached hydrogen (secondary N) is 1. The smallest absolute Gasteiger partial charge is 0.348 e. The number of hydrogen-bond donors (Lipinski definition) is 2. The predicted molar refractivity (Wildman–Crippen MR) is 111 cm³/mol. The molecule has 0 radical (unpaired) electrons. The number of thiophene rings is 1. The third-order valence-corrected chi connectivity index (χ3v) is 7.62. The zero-order chi connectivity index (χ0) is 19.6. The van der Waals surface area contributed by atoms with Crippen LogP contribution in [0.4, 0.5) is 5.69 Å². The van der Waals surface area contributed by atoms with Gasteiger partial charge < -0.3 is 14.7 Å². The summed E-state index contributed by atoms with van der Waals surface area (Å²) in [5.41, 5.74) is 1.87. The molecular weight excluding hydrogens is 405 g/mol. The summed E-state index contributed by atoms with van der Waals surface area (Å²) in [5.74, 6) is -1.10. The highest BCUT2D eigenvalue weighted by molar-refractivity contribution is 7.68. The summed E-state index contributed by atoms with van der Waals surface area (Å²) in [5, 5.41) is 13.5. The van der Waals surface area contributed by atoms with Gasteiger partial charge in [0.2, 0.25) is 0 Å². The van der Waals surface area contributed by atoms with Crippen molar-refractivity contribution in [2.45, 2.75) is 6.92 Å². The lowest BCUT2D eigenvalue weighted by Crippen LogP contribution is -2.16. The summed E-state index contributed by atoms with van der Waals surface area (Å²) in [7, 11) is -2.15. The van der Waals surface area contributed by atoms with Crippen LogP contribution in [0.25, 0.3) is 10.4 Å². The average Bonchev–Trinajstić information content (AvgIpc) is 3.06. The second-order valence-corrected chi connectivity index (χ2v) is 9.46. The Morgan fingerprint density at radius 2 is 1.85 bits per heavy atom. The third-order valence-electron chi connectivity index (χ3n) is 4.01. The zero-order valence-electron chi connectivity index (χ0n) is 14.6. The molecule has 0 saturated heterocycles. The van der Waals surface area contributed by atoms with E-state index >= 15 is 0 Å². The van der Waals surface area contributed by atoms with Crippen LogP contribution >= 0.6 is 30.5 Å². The average molecular weight is 422 g/mol. The second-order valence-electron chi connectivity index (χ2n) is 5.80. The summed E-state index contributed by atoms with van der Waals surface area (Å²) in [6.45, 7) is 1.83. The molecule has 0 saturated carbocycles. The molecular formula is C19H17ClNO4PS. The van der Waals surface area contributed by atoms with Crippen LogP contribution in [0.3, 0.4) is 0 Å². The molecule has 3 rings (SSSR count). The van der Waals surface area contributed by atoms with Gasteiger partial charge in [0.1, 0.15) is 4.88 Å². The Hall–Kier alpha value is -2.11. The fourth-order valence-corrected chi connectivity index (χ4v) is 5.53. The lowest BCUT2D eigenvalue weighted by molar-refractivity contribution is 0.0703. The van der Waals surface area contributed by atoms with Crippen molar-refractivity contribution in [1.82, 2.24) is 0 Å². The number of carbonyl (C=O) groups is 1. The Labute approximate surface area is 166 Å². The summed E-state index contributed by atoms with van der Waals surface area (Å²) in [6.07, 6.45) is 0. The van der Waals surface area contributed by atoms with Gasteiger partial charge in [-0.3, -0.25) is 4.57 Å². The van der Waals surface area contributed by atoms with Gasteiger partial charge in [0.25, 0.3) is 0 Å². The molecule has 0 aliphatic carbocycles. The molecule has 8 heteroatoms. The summed E-state index contributed by atoms with van der Waals surface area (Å²) < 4.78 is 18.7. The fourth-order valence-electron chi connectivity index (χ4n) is 2.65. The molecule has 140 valence electrons. The Bertz CT molecular complexity index is 1030. The molecule has 0 spiro atoms. The lowest BCUT2D eigenvalue weighted by Gasteiger charge is -2.20. The van der Waals surface area contributed by atoms with Crippen molar-refractivity contribution in [2.24, 2.45) is 0 Å². The topological polar surface area (TPSA) is 75.6 Å². The Morgan fingerprint density at radius 1 is 1.19 bits per heavy atom. The van der Waals surface area contributed by atoms with Crippen LogP contribution in [0, 0.1) is 6.92 Å². The summed E-state index contributed by atoms with van der Waals surface area (Å²) >= 11 is 7.01. The van der Waals surface area contributed by atoms with E-state index in [0.717, 1.165) is 27.3 Å². The molecule has 0 aliphatic heterocycles. The van der Waals surface area contributed by atoms with Crippen LogP contribution in [-0.4, -0.2) is 18.2 Å². The number of carboxylic acids is 1. The van der Waals surface area contributed by atoms with Gasteiger partial charge in [-0.1, -0.05) is 41.9 Å². The van der Waals surface area contributed by atoms with Crippen molar-refractivity contribution < 1.29 is 19.0 Å². The highest BCUT2D eigenvalue weighted by Crippen LogP contribution is 2.48. The maximum atomic E-state index is 13.4. The molecule has 0 amide bonds. The third kappa shape index (κ3) is 4.09. The highest BCUT2D eigenvalue weighted by Gasteiger charge is 2.29. The van der Waals surface area contributed by atoms with E-state index in [1.165, 1.54) is 7.11 Å². The van der Waals surface area contributed by atoms with Gasteiger partial charge in [-0.2, -0.15) is 0 Å². The number of aryl methyl sites for hydroxylation is 1. The molecule has 1 heterocycles. The predicted octanol–water partition coefficient (Wildman–Crippen LogP) is 5.65. The summed E-state index contributed by atoms with van der Waals surface area (Å²) in [4.78, 5) is 12.5. The van der Waals surface area contributed by atoms with E-state index in [-0.39, 0.29) is 10.6 Å². The molecule has 1 atom stereocenters. The van der Waals surface area contributed by atoms with Gasteiger partial charge in [0.15, 0.2) is 0 Å². The molecule has 0 aliphatic rings. The van der Waals surface area contributed by atoms with Crippen molar-refractivity contribution in [2.75, 3.05) is 12.2 Å². The van der Waals surface area contributed by atoms with Gasteiger partial charge in [-0.25, -0.2) is 4.79 Å². The Kier molecular flexibility index (Phi) is 5.72. The Morgan fingerprint density at radius 3 is 2.44 bits per heavy atom. The standard InChI is InChI=1S/C19H17ClNO4PS/c1-12-5-3-4-6-16(12)26(24,25-2)21-15-11-17(27-18(15)19(22)23)13-7-9-14(20)10-8-13/h3-11H,1-2H3,(H,21,24)(H,22,23). The minimum Gasteiger partial charge on any atom is -0.477 e. The van der Waals surface area contributed by atoms with E-state index in [9.17, 15) is 14.5 Å². The van der Waals surface area contributed by atoms with Crippen LogP contribution in [0.2, 0.25) is 5.02 Å². The first-order chi connectivity index (χ1) is 12.8. The highest BCUT2D eigenvalue weighted by atomic mass is 35.5. The molecule has 2 N–H and O–H groups in total. The second kappa shape index (κ2) is 7.87. The molecule has 5 nitrogen and oxygen atoms in total. The number of carboxylic acid groups (broad SMARTS) is 1. The van der Waals surface area contributed by atoms with E-state index in [1.54, 1.807) is 42.5 Å². The molecule has 0 bridgehead atoms. The van der Waals surface area contributed by atoms with E-state index < -0.39 is 13.5 Å². The maximum Gasteiger partial charge on any atom is 0.348 e. The monoisotopic (exact) mass is 421 g/mol. The molecule has 2 aromatic carbocycles. The van der Waals surface area contributed by atoms with Gasteiger partial charge >= 0.3 is 13.5 Å². The van der Waals surface area contributed by atoms with Crippen molar-refractivity contribution in [3.05, 3.63) is 70.1 Å². The number of hydrogen-bond acceptors (Lipinski definition) is 4. The first kappa shape index (κ1) is 19.6. The molecule has 0 fully saturated rings. The molecule has 1 aromatic heterocycles. The maximum absolute atomic E-state index is 13.4. The van der Waals surface area contributed by atoms with Crippen LogP contribution in [-0.2, 0) is 9.09 Å². The quantitative estimate of drug-likeness (QED) is 0.503. The van der Waals surface area contributed by atoms with Gasteiger partial charge in [-0.05, 0) is 42.3 Å². The zero-order valence-corrected chi connectivity index (χ0v) is 17.1. The number of rotatable bonds is 6. The van der Waals surface area contributed by atoms with Gasteiger partial charge in [-0.15, -0.1) is 11.3 Å². The first-order valence-corrected chi connectivity index (χ1v) is 10.8. The van der Waals surface area contributed by atoms with Gasteiger partial charge in [0.05, 0.1) is 11.0 Å². The number of benzene rings is 2. The summed E-state index contributed by atoms with van der Waals surface area (Å²) in [6, 6.07) is 15.9. The first-order valence-electron chi connectivity index (χ1n) is 7.97. The minimum atomic E-state index is -3.49. The molecule has 27 heavy (non-hydrogen) atoms. The SMILES string of the molecule is COP(=O)(Nc1cc(-c2ccc(Cl)cc2)sc1C(=O)O)c1ccccc1C. The normalized spacial score (nSPS) is 13.1. The van der Waals surface area contributed by atoms with Crippen LogP contribution in [0.5, 0.6) is 0 Å². The number of halogens is 1. The molecule has 3 aromatic rings. The van der Waals surface area contributed by atoms with E-state index in [4.69, 9.17) is 16.1 Å². The van der Waals surface area contributed by atoms with Crippen molar-refractivity contribution >= 4 is 47.4 Å². The van der Waals surface area contributed by atoms with E-state index in [1.807, 2.05) is 19.1 Å². The van der Waals surface area contributed by atoms with Crippen molar-refractivity contribution in [1.29, 1.82) is 0 Å². The van der Waals surface area contributed by atoms with Gasteiger partial charge in [0, 0.05) is 17.0 Å². The largest absolute Gasteiger partial charge is 0.477 e. The van der Waals surface area contributed by atoms with Crippen molar-refractivity contribution in [3.63, 3.8) is 0 Å². The van der Waals surface area contributed by atoms with Crippen LogP contribution < -0.4 is 10.4 Å². The fraction of sp³-hybridized carbons (Fsp3) is 0.105. The Balaban J connectivity index is 2.05. The van der Waals surface area contributed by atoms with Crippen LogP contribution in [0.15, 0.2) is 54.6 Å². The van der Waals surface area contributed by atoms with E-state index in [2.05, 4.69) is 5.09 Å². The van der Waals surface area contributed by atoms with Crippen LogP contribution in [0.1, 0.15) is 15.2 Å².